The number of nitrogens with zero attached hydrogens (tertiary/aromatic N) is 2. The van der Waals surface area contributed by atoms with Crippen molar-refractivity contribution in [2.24, 2.45) is 7.05 Å². The van der Waals surface area contributed by atoms with Gasteiger partial charge in [-0.2, -0.15) is 13.5 Å². The van der Waals surface area contributed by atoms with Gasteiger partial charge in [-0.15, -0.1) is 0 Å². The maximum absolute atomic E-state index is 13.0. The van der Waals surface area contributed by atoms with Crippen molar-refractivity contribution in [2.75, 3.05) is 18.6 Å². The summed E-state index contributed by atoms with van der Waals surface area (Å²) in [5, 5.41) is 6.76. The SMILES string of the molecule is CCCS(=O)(=O)Oc1c(C(=O)c2ccc3c(c2)C(C)(C)CS3(=O)=O)cnn1C.COc1ccccc1C(=O)NS(=O)(=O)c1ccc(C(=O)NC2CC2)cc1. The summed E-state index contributed by atoms with van der Waals surface area (Å²) in [6.45, 7) is 5.32. The number of hydrogen-bond acceptors (Lipinski definition) is 12. The van der Waals surface area contributed by atoms with E-state index in [1.165, 1.54) is 67.5 Å². The number of methoxy groups -OCH3 is 1. The first-order valence-electron chi connectivity index (χ1n) is 16.8. The van der Waals surface area contributed by atoms with E-state index in [9.17, 15) is 39.6 Å². The lowest BCUT2D eigenvalue weighted by atomic mass is 9.85. The van der Waals surface area contributed by atoms with E-state index in [0.717, 1.165) is 12.8 Å². The fourth-order valence-electron chi connectivity index (χ4n) is 5.70. The number of sulfonamides is 1. The molecule has 6 rings (SSSR count). The number of nitrogens with one attached hydrogen (secondary N) is 2. The Hall–Kier alpha value is -5.07. The van der Waals surface area contributed by atoms with Crippen molar-refractivity contribution in [3.63, 3.8) is 0 Å². The molecule has 1 aliphatic heterocycles. The van der Waals surface area contributed by atoms with E-state index in [-0.39, 0.29) is 61.6 Å². The van der Waals surface area contributed by atoms with Crippen LogP contribution in [0.25, 0.3) is 0 Å². The van der Waals surface area contributed by atoms with Gasteiger partial charge < -0.3 is 14.2 Å². The monoisotopic (exact) mass is 800 g/mol. The topological polar surface area (TPSA) is 214 Å². The molecule has 4 aromatic rings. The third kappa shape index (κ3) is 8.99. The maximum Gasteiger partial charge on any atom is 0.310 e. The van der Waals surface area contributed by atoms with E-state index in [1.54, 1.807) is 45.0 Å². The van der Waals surface area contributed by atoms with Crippen LogP contribution >= 0.6 is 0 Å². The summed E-state index contributed by atoms with van der Waals surface area (Å²) in [5.74, 6) is -1.62. The van der Waals surface area contributed by atoms with Gasteiger partial charge in [0.05, 0.1) is 40.2 Å². The van der Waals surface area contributed by atoms with Crippen LogP contribution in [0.2, 0.25) is 0 Å². The van der Waals surface area contributed by atoms with Gasteiger partial charge in [0.15, 0.2) is 15.6 Å². The highest BCUT2D eigenvalue weighted by molar-refractivity contribution is 7.92. The minimum atomic E-state index is -4.07. The number of hydrogen-bond donors (Lipinski definition) is 2. The highest BCUT2D eigenvalue weighted by Gasteiger charge is 2.41. The van der Waals surface area contributed by atoms with E-state index in [4.69, 9.17) is 8.92 Å². The molecule has 0 spiro atoms. The Bertz CT molecular complexity index is 2440. The zero-order chi connectivity index (χ0) is 39.6. The molecule has 3 aromatic carbocycles. The number of amides is 2. The van der Waals surface area contributed by atoms with E-state index in [2.05, 4.69) is 10.4 Å². The molecule has 288 valence electrons. The van der Waals surface area contributed by atoms with Crippen molar-refractivity contribution in [3.8, 4) is 11.6 Å². The quantitative estimate of drug-likeness (QED) is 0.156. The van der Waals surface area contributed by atoms with Crippen molar-refractivity contribution in [2.45, 2.75) is 61.3 Å². The van der Waals surface area contributed by atoms with Gasteiger partial charge in [-0.25, -0.2) is 26.2 Å². The van der Waals surface area contributed by atoms with Gasteiger partial charge in [-0.3, -0.25) is 14.4 Å². The first-order valence-corrected chi connectivity index (χ1v) is 21.5. The van der Waals surface area contributed by atoms with Crippen LogP contribution in [0.15, 0.2) is 82.7 Å². The summed E-state index contributed by atoms with van der Waals surface area (Å²) in [6, 6.07) is 16.4. The third-order valence-corrected chi connectivity index (χ3v) is 13.4. The normalized spacial score (nSPS) is 15.6. The zero-order valence-corrected chi connectivity index (χ0v) is 32.6. The summed E-state index contributed by atoms with van der Waals surface area (Å²) in [5.41, 5.74) is 0.674. The first-order chi connectivity index (χ1) is 25.3. The van der Waals surface area contributed by atoms with Crippen LogP contribution in [0.4, 0.5) is 0 Å². The number of carbonyl (C=O) groups is 3. The number of aryl methyl sites for hydroxylation is 1. The molecule has 0 bridgehead atoms. The van der Waals surface area contributed by atoms with Crippen LogP contribution in [0.3, 0.4) is 0 Å². The molecule has 54 heavy (non-hydrogen) atoms. The van der Waals surface area contributed by atoms with Gasteiger partial charge in [-0.1, -0.05) is 32.9 Å². The molecule has 1 aromatic heterocycles. The first kappa shape index (κ1) is 40.1. The van der Waals surface area contributed by atoms with Crippen molar-refractivity contribution >= 4 is 47.6 Å². The molecule has 0 radical (unpaired) electrons. The van der Waals surface area contributed by atoms with Crippen molar-refractivity contribution in [3.05, 3.63) is 101 Å². The van der Waals surface area contributed by atoms with Crippen LogP contribution in [0, 0.1) is 0 Å². The molecule has 2 aliphatic rings. The molecule has 0 atom stereocenters. The molecule has 2 heterocycles. The Kier molecular flexibility index (Phi) is 11.4. The van der Waals surface area contributed by atoms with Crippen LogP contribution in [-0.4, -0.2) is 77.3 Å². The van der Waals surface area contributed by atoms with E-state index in [1.807, 2.05) is 4.72 Å². The summed E-state index contributed by atoms with van der Waals surface area (Å²) in [4.78, 5) is 37.4. The molecule has 0 saturated heterocycles. The Morgan fingerprint density at radius 2 is 1.57 bits per heavy atom. The molecule has 1 aliphatic carbocycles. The molecular weight excluding hydrogens is 761 g/mol. The number of rotatable bonds is 12. The number of ketones is 1. The summed E-state index contributed by atoms with van der Waals surface area (Å²) < 4.78 is 86.9. The molecule has 1 fully saturated rings. The summed E-state index contributed by atoms with van der Waals surface area (Å²) in [6.07, 6.45) is 3.55. The maximum atomic E-state index is 13.0. The fourth-order valence-corrected chi connectivity index (χ4v) is 9.89. The second kappa shape index (κ2) is 15.3. The lowest BCUT2D eigenvalue weighted by Gasteiger charge is -2.17. The highest BCUT2D eigenvalue weighted by atomic mass is 32.2. The van der Waals surface area contributed by atoms with Gasteiger partial charge in [-0.05, 0) is 79.4 Å². The molecule has 2 amide bonds. The van der Waals surface area contributed by atoms with E-state index in [0.29, 0.717) is 17.5 Å². The van der Waals surface area contributed by atoms with Crippen molar-refractivity contribution in [1.82, 2.24) is 19.8 Å². The largest absolute Gasteiger partial charge is 0.496 e. The van der Waals surface area contributed by atoms with Gasteiger partial charge in [0.25, 0.3) is 21.8 Å². The molecule has 1 saturated carbocycles. The fraction of sp³-hybridized carbons (Fsp3) is 0.333. The Balaban J connectivity index is 0.000000208. The van der Waals surface area contributed by atoms with E-state index < -0.39 is 47.1 Å². The van der Waals surface area contributed by atoms with Crippen LogP contribution in [-0.2, 0) is 42.4 Å². The summed E-state index contributed by atoms with van der Waals surface area (Å²) in [7, 11) is -8.44. The van der Waals surface area contributed by atoms with E-state index >= 15 is 0 Å². The van der Waals surface area contributed by atoms with Crippen LogP contribution in [0.5, 0.6) is 11.6 Å². The Morgan fingerprint density at radius 1 is 0.926 bits per heavy atom. The second-order valence-corrected chi connectivity index (χ2v) is 18.8. The lowest BCUT2D eigenvalue weighted by Crippen LogP contribution is -2.31. The smallest absolute Gasteiger partial charge is 0.310 e. The lowest BCUT2D eigenvalue weighted by molar-refractivity contribution is 0.0947. The standard InChI is InChI=1S/C18H22N2O6S2.C18H18N2O5S/c1-5-8-28(24,25)26-17-13(10-19-20(17)4)16(21)12-6-7-15-14(9-12)18(2,3)11-27(15,22)23;1-25-16-5-3-2-4-15(16)18(22)20-26(23,24)14-10-6-12(7-11-14)17(21)19-13-8-9-13/h6-7,9-10H,5,8,11H2,1-4H3;2-7,10-11,13H,8-9H2,1H3,(H,19,21)(H,20,22). The minimum Gasteiger partial charge on any atom is -0.496 e. The van der Waals surface area contributed by atoms with Gasteiger partial charge >= 0.3 is 10.1 Å². The average Bonchev–Trinajstić information content (AvgIpc) is 3.83. The number of carbonyl (C=O) groups excluding carboxylic acids is 3. The number of sulfone groups is 1. The van der Waals surface area contributed by atoms with Crippen molar-refractivity contribution < 1.29 is 48.6 Å². The number of benzene rings is 3. The van der Waals surface area contributed by atoms with Crippen LogP contribution in [0.1, 0.15) is 82.2 Å². The van der Waals surface area contributed by atoms with Gasteiger partial charge in [0.1, 0.15) is 11.3 Å². The van der Waals surface area contributed by atoms with Crippen LogP contribution < -0.4 is 19.0 Å². The second-order valence-electron chi connectivity index (χ2n) is 13.4. The molecule has 2 N–H and O–H groups in total. The van der Waals surface area contributed by atoms with Crippen molar-refractivity contribution in [1.29, 1.82) is 0 Å². The molecule has 18 heteroatoms. The average molecular weight is 801 g/mol. The summed E-state index contributed by atoms with van der Waals surface area (Å²) >= 11 is 0. The molecular formula is C36H40N4O11S3. The number of ether oxygens (including phenoxy) is 1. The number of aromatic nitrogens is 2. The zero-order valence-electron chi connectivity index (χ0n) is 30.2. The predicted molar refractivity (Wildman–Crippen MR) is 197 cm³/mol. The minimum absolute atomic E-state index is 0.000730. The Labute approximate surface area is 314 Å². The predicted octanol–water partition coefficient (Wildman–Crippen LogP) is 3.54. The van der Waals surface area contributed by atoms with Gasteiger partial charge in [0, 0.05) is 29.6 Å². The third-order valence-electron chi connectivity index (χ3n) is 8.56. The number of fused-ring (bicyclic) bond motifs is 1. The number of para-hydroxylation sites is 1. The molecule has 0 unspecified atom stereocenters. The molecule has 15 nitrogen and oxygen atoms in total. The highest BCUT2D eigenvalue weighted by Crippen LogP contribution is 2.40. The Morgan fingerprint density at radius 3 is 2.20 bits per heavy atom. The van der Waals surface area contributed by atoms with Gasteiger partial charge in [0.2, 0.25) is 5.88 Å².